The highest BCUT2D eigenvalue weighted by Crippen LogP contribution is 2.43. The van der Waals surface area contributed by atoms with E-state index in [1.807, 2.05) is 46.7 Å². The number of aryl methyl sites for hydroxylation is 2. The minimum Gasteiger partial charge on any atom is -0.343 e. The number of aromatic nitrogens is 2. The van der Waals surface area contributed by atoms with E-state index >= 15 is 0 Å². The minimum absolute atomic E-state index is 0.0778. The molecule has 10 heteroatoms. The molecule has 7 rings (SSSR count). The third-order valence-electron chi connectivity index (χ3n) is 11.9. The van der Waals surface area contributed by atoms with Gasteiger partial charge in [0.1, 0.15) is 5.82 Å². The number of likely N-dealkylation sites (tertiary alicyclic amines) is 1. The van der Waals surface area contributed by atoms with E-state index in [0.717, 1.165) is 80.8 Å². The van der Waals surface area contributed by atoms with Crippen LogP contribution in [0.15, 0.2) is 18.2 Å². The lowest BCUT2D eigenvalue weighted by molar-refractivity contribution is -0.135. The lowest BCUT2D eigenvalue weighted by atomic mass is 9.94. The molecule has 2 bridgehead atoms. The lowest BCUT2D eigenvalue weighted by Gasteiger charge is -2.41. The van der Waals surface area contributed by atoms with E-state index in [1.54, 1.807) is 0 Å². The van der Waals surface area contributed by atoms with Crippen LogP contribution in [0.1, 0.15) is 106 Å². The first-order valence-corrected chi connectivity index (χ1v) is 19.1. The van der Waals surface area contributed by atoms with Crippen molar-refractivity contribution in [2.24, 2.45) is 11.8 Å². The Morgan fingerprint density at radius 1 is 0.917 bits per heavy atom. The number of piperidine rings is 2. The summed E-state index contributed by atoms with van der Waals surface area (Å²) in [5.41, 5.74) is 4.35. The first kappa shape index (κ1) is 33.6. The molecule has 0 N–H and O–H groups in total. The van der Waals surface area contributed by atoms with Crippen LogP contribution in [0.5, 0.6) is 0 Å². The van der Waals surface area contributed by atoms with Crippen molar-refractivity contribution in [3.63, 3.8) is 0 Å². The van der Waals surface area contributed by atoms with E-state index in [9.17, 15) is 14.4 Å². The van der Waals surface area contributed by atoms with E-state index < -0.39 is 0 Å². The molecule has 2 unspecified atom stereocenters. The van der Waals surface area contributed by atoms with Crippen molar-refractivity contribution < 1.29 is 14.4 Å². The van der Waals surface area contributed by atoms with Crippen LogP contribution in [-0.2, 0) is 27.3 Å². The Morgan fingerprint density at radius 3 is 2.31 bits per heavy atom. The SMILES string of the molecule is CCCC(=O)N1CCC(C(=O)N(CCCN2C3CC[C@H]2CC(n2c(C)nc4c2CCN(C(=O)C2CC2)C4)C3)c2ccc(C)c(Cl)c2)CC1. The normalized spacial score (nSPS) is 24.5. The number of halogens is 1. The third-order valence-corrected chi connectivity index (χ3v) is 12.3. The fraction of sp³-hybridized carbons (Fsp3) is 0.684. The Kier molecular flexibility index (Phi) is 9.89. The zero-order valence-corrected chi connectivity index (χ0v) is 29.9. The highest BCUT2D eigenvalue weighted by molar-refractivity contribution is 6.31. The molecule has 3 amide bonds. The van der Waals surface area contributed by atoms with Crippen molar-refractivity contribution in [1.82, 2.24) is 24.3 Å². The van der Waals surface area contributed by atoms with Crippen molar-refractivity contribution in [3.05, 3.63) is 46.0 Å². The molecule has 0 spiro atoms. The minimum atomic E-state index is -0.0778. The number of carbonyl (C=O) groups is 3. The smallest absolute Gasteiger partial charge is 0.230 e. The van der Waals surface area contributed by atoms with Crippen molar-refractivity contribution in [2.45, 2.75) is 122 Å². The van der Waals surface area contributed by atoms with Gasteiger partial charge in [-0.25, -0.2) is 4.98 Å². The van der Waals surface area contributed by atoms with E-state index in [2.05, 4.69) is 16.4 Å². The average molecular weight is 677 g/mol. The summed E-state index contributed by atoms with van der Waals surface area (Å²) < 4.78 is 2.54. The van der Waals surface area contributed by atoms with E-state index in [0.29, 0.717) is 74.5 Å². The predicted octanol–water partition coefficient (Wildman–Crippen LogP) is 6.08. The van der Waals surface area contributed by atoms with Gasteiger partial charge in [0.25, 0.3) is 0 Å². The number of nitrogens with zero attached hydrogens (tertiary/aromatic N) is 6. The molecule has 1 aromatic carbocycles. The van der Waals surface area contributed by atoms with E-state index in [1.165, 1.54) is 18.5 Å². The van der Waals surface area contributed by atoms with Crippen LogP contribution in [-0.4, -0.2) is 86.8 Å². The molecule has 1 aromatic heterocycles. The van der Waals surface area contributed by atoms with Gasteiger partial charge >= 0.3 is 0 Å². The number of benzene rings is 1. The Labute approximate surface area is 291 Å². The van der Waals surface area contributed by atoms with Gasteiger partial charge in [0, 0.05) is 91.9 Å². The number of amides is 3. The number of hydrogen-bond acceptors (Lipinski definition) is 5. The summed E-state index contributed by atoms with van der Waals surface area (Å²) in [4.78, 5) is 53.0. The molecule has 48 heavy (non-hydrogen) atoms. The second-order valence-corrected chi connectivity index (χ2v) is 15.5. The summed E-state index contributed by atoms with van der Waals surface area (Å²) >= 11 is 6.57. The quantitative estimate of drug-likeness (QED) is 0.305. The Morgan fingerprint density at radius 2 is 1.65 bits per heavy atom. The van der Waals surface area contributed by atoms with Gasteiger partial charge in [0.15, 0.2) is 0 Å². The van der Waals surface area contributed by atoms with Crippen molar-refractivity contribution in [3.8, 4) is 0 Å². The number of anilines is 1. The van der Waals surface area contributed by atoms with Crippen LogP contribution in [0.3, 0.4) is 0 Å². The summed E-state index contributed by atoms with van der Waals surface area (Å²) in [6, 6.07) is 7.54. The van der Waals surface area contributed by atoms with Gasteiger partial charge in [0.2, 0.25) is 17.7 Å². The highest BCUT2D eigenvalue weighted by Gasteiger charge is 2.43. The van der Waals surface area contributed by atoms with E-state index in [-0.39, 0.29) is 23.7 Å². The average Bonchev–Trinajstić information content (AvgIpc) is 3.84. The molecule has 3 saturated heterocycles. The van der Waals surface area contributed by atoms with Gasteiger partial charge in [-0.1, -0.05) is 24.6 Å². The van der Waals surface area contributed by atoms with E-state index in [4.69, 9.17) is 16.6 Å². The molecular weight excluding hydrogens is 624 g/mol. The van der Waals surface area contributed by atoms with Gasteiger partial charge in [-0.05, 0) is 95.8 Å². The lowest BCUT2D eigenvalue weighted by Crippen LogP contribution is -2.47. The number of fused-ring (bicyclic) bond motifs is 3. The summed E-state index contributed by atoms with van der Waals surface area (Å²) in [5, 5.41) is 0.685. The first-order valence-electron chi connectivity index (χ1n) is 18.7. The number of imidazole rings is 1. The summed E-state index contributed by atoms with van der Waals surface area (Å²) in [7, 11) is 0. The number of hydrogen-bond donors (Lipinski definition) is 0. The van der Waals surface area contributed by atoms with Crippen molar-refractivity contribution in [1.29, 1.82) is 0 Å². The summed E-state index contributed by atoms with van der Waals surface area (Å²) in [6.45, 7) is 10.6. The highest BCUT2D eigenvalue weighted by atomic mass is 35.5. The zero-order chi connectivity index (χ0) is 33.5. The molecule has 4 aliphatic heterocycles. The molecule has 5 heterocycles. The van der Waals surface area contributed by atoms with Gasteiger partial charge in [-0.2, -0.15) is 0 Å². The molecule has 1 aliphatic carbocycles. The Balaban J connectivity index is 0.984. The van der Waals surface area contributed by atoms with Gasteiger partial charge in [-0.15, -0.1) is 0 Å². The third kappa shape index (κ3) is 6.78. The molecule has 1 saturated carbocycles. The molecule has 0 radical (unpaired) electrons. The predicted molar refractivity (Wildman–Crippen MR) is 188 cm³/mol. The summed E-state index contributed by atoms with van der Waals surface area (Å²) in [5.74, 6) is 1.98. The fourth-order valence-corrected chi connectivity index (χ4v) is 9.29. The van der Waals surface area contributed by atoms with Crippen LogP contribution in [0.2, 0.25) is 5.02 Å². The number of rotatable bonds is 10. The molecule has 4 fully saturated rings. The number of carbonyl (C=O) groups excluding carboxylic acids is 3. The monoisotopic (exact) mass is 676 g/mol. The maximum Gasteiger partial charge on any atom is 0.230 e. The Bertz CT molecular complexity index is 1510. The van der Waals surface area contributed by atoms with Crippen LogP contribution in [0, 0.1) is 25.7 Å². The van der Waals surface area contributed by atoms with Crippen molar-refractivity contribution >= 4 is 35.0 Å². The largest absolute Gasteiger partial charge is 0.343 e. The molecule has 5 aliphatic rings. The first-order chi connectivity index (χ1) is 23.2. The summed E-state index contributed by atoms with van der Waals surface area (Å²) in [6.07, 6.45) is 11.5. The van der Waals surface area contributed by atoms with Crippen LogP contribution >= 0.6 is 11.6 Å². The second-order valence-electron chi connectivity index (χ2n) is 15.1. The van der Waals surface area contributed by atoms with Crippen LogP contribution in [0.25, 0.3) is 0 Å². The van der Waals surface area contributed by atoms with Gasteiger partial charge in [-0.3, -0.25) is 19.3 Å². The standard InChI is InChI=1S/C38H53ClN6O3/c1-4-6-36(46)41-18-13-28(14-19-41)38(48)44(31-10-7-25(2)33(39)23-31)17-5-16-43-29-11-12-30(43)22-32(21-29)45-26(3)40-34-24-42(20-15-35(34)45)37(47)27-8-9-27/h7,10,23,27-30,32H,4-6,8-9,11-22,24H2,1-3H3/t29-,30?,32?/m0/s1. The van der Waals surface area contributed by atoms with Crippen LogP contribution < -0.4 is 4.90 Å². The molecule has 9 nitrogen and oxygen atoms in total. The van der Waals surface area contributed by atoms with Gasteiger partial charge < -0.3 is 19.3 Å². The fourth-order valence-electron chi connectivity index (χ4n) is 9.12. The topological polar surface area (TPSA) is 82.0 Å². The second kappa shape index (κ2) is 14.1. The molecule has 3 atom stereocenters. The van der Waals surface area contributed by atoms with Gasteiger partial charge in [0.05, 0.1) is 12.2 Å². The Hall–Kier alpha value is -2.91. The van der Waals surface area contributed by atoms with Crippen LogP contribution in [0.4, 0.5) is 5.69 Å². The molecular formula is C38H53ClN6O3. The molecule has 260 valence electrons. The maximum atomic E-state index is 14.1. The maximum absolute atomic E-state index is 14.1. The molecule has 2 aromatic rings. The zero-order valence-electron chi connectivity index (χ0n) is 29.1. The van der Waals surface area contributed by atoms with Crippen molar-refractivity contribution in [2.75, 3.05) is 37.6 Å².